The zero-order chi connectivity index (χ0) is 15.6. The Morgan fingerprint density at radius 1 is 1.20 bits per heavy atom. The maximum Gasteiger partial charge on any atom is 0.408 e. The third-order valence-corrected chi connectivity index (χ3v) is 4.37. The summed E-state index contributed by atoms with van der Waals surface area (Å²) in [6, 6.07) is -0.745. The van der Waals surface area contributed by atoms with Crippen LogP contribution >= 0.6 is 0 Å². The molecule has 1 fully saturated rings. The Bertz CT molecular complexity index is 467. The number of carbonyl (C=O) groups is 2. The van der Waals surface area contributed by atoms with Crippen LogP contribution in [-0.4, -0.2) is 61.6 Å². The number of sulfone groups is 1. The molecule has 0 saturated carbocycles. The minimum absolute atomic E-state index is 0.0299. The topological polar surface area (TPSA) is 92.8 Å². The normalized spacial score (nSPS) is 20.1. The van der Waals surface area contributed by atoms with Gasteiger partial charge in [-0.25, -0.2) is 13.2 Å². The number of rotatable bonds is 2. The van der Waals surface area contributed by atoms with Gasteiger partial charge in [0.05, 0.1) is 11.5 Å². The molecule has 0 radical (unpaired) electrons. The Morgan fingerprint density at radius 3 is 2.15 bits per heavy atom. The van der Waals surface area contributed by atoms with Crippen molar-refractivity contribution < 1.29 is 22.7 Å². The second-order valence-corrected chi connectivity index (χ2v) is 8.15. The van der Waals surface area contributed by atoms with Gasteiger partial charge in [0.15, 0.2) is 9.84 Å². The molecular weight excluding hydrogens is 284 g/mol. The van der Waals surface area contributed by atoms with E-state index in [1.165, 1.54) is 4.90 Å². The number of amides is 2. The molecule has 1 aliphatic rings. The molecule has 1 rings (SSSR count). The van der Waals surface area contributed by atoms with Crippen molar-refractivity contribution in [3.05, 3.63) is 0 Å². The monoisotopic (exact) mass is 306 g/mol. The summed E-state index contributed by atoms with van der Waals surface area (Å²) < 4.78 is 27.7. The third-order valence-electron chi connectivity index (χ3n) is 2.76. The molecular formula is C12H22N2O5S. The van der Waals surface area contributed by atoms with E-state index in [1.54, 1.807) is 27.7 Å². The smallest absolute Gasteiger partial charge is 0.408 e. The molecule has 1 saturated heterocycles. The van der Waals surface area contributed by atoms with Crippen LogP contribution < -0.4 is 5.32 Å². The van der Waals surface area contributed by atoms with Crippen molar-refractivity contribution >= 4 is 21.8 Å². The fourth-order valence-electron chi connectivity index (χ4n) is 1.75. The zero-order valence-corrected chi connectivity index (χ0v) is 13.1. The summed E-state index contributed by atoms with van der Waals surface area (Å²) in [5.41, 5.74) is -0.633. The first kappa shape index (κ1) is 16.7. The van der Waals surface area contributed by atoms with E-state index in [-0.39, 0.29) is 30.5 Å². The number of hydrogen-bond donors (Lipinski definition) is 1. The highest BCUT2D eigenvalue weighted by Gasteiger charge is 2.29. The lowest BCUT2D eigenvalue weighted by molar-refractivity contribution is -0.132. The molecule has 1 N–H and O–H groups in total. The summed E-state index contributed by atoms with van der Waals surface area (Å²) in [7, 11) is -3.03. The number of carbonyl (C=O) groups excluding carboxylic acids is 2. The molecule has 0 aromatic rings. The molecule has 0 aromatic heterocycles. The van der Waals surface area contributed by atoms with Crippen molar-refractivity contribution in [3.8, 4) is 0 Å². The molecule has 0 aliphatic carbocycles. The lowest BCUT2D eigenvalue weighted by atomic mass is 10.2. The van der Waals surface area contributed by atoms with E-state index in [2.05, 4.69) is 5.32 Å². The minimum Gasteiger partial charge on any atom is -0.444 e. The molecule has 1 heterocycles. The summed E-state index contributed by atoms with van der Waals surface area (Å²) in [5.74, 6) is -0.360. The molecule has 1 atom stereocenters. The highest BCUT2D eigenvalue weighted by Crippen LogP contribution is 2.08. The predicted molar refractivity (Wildman–Crippen MR) is 74.1 cm³/mol. The summed E-state index contributed by atoms with van der Waals surface area (Å²) >= 11 is 0. The van der Waals surface area contributed by atoms with Gasteiger partial charge in [-0.3, -0.25) is 4.79 Å². The Labute approximate surface area is 119 Å². The quantitative estimate of drug-likeness (QED) is 0.784. The van der Waals surface area contributed by atoms with Gasteiger partial charge in [-0.05, 0) is 27.7 Å². The van der Waals surface area contributed by atoms with Gasteiger partial charge in [0.1, 0.15) is 11.6 Å². The van der Waals surface area contributed by atoms with Crippen LogP contribution in [-0.2, 0) is 19.4 Å². The van der Waals surface area contributed by atoms with E-state index < -0.39 is 27.6 Å². The van der Waals surface area contributed by atoms with Crippen LogP contribution in [0.5, 0.6) is 0 Å². The third kappa shape index (κ3) is 5.36. The SMILES string of the molecule is CC(NC(=O)OC(C)(C)C)C(=O)N1CCS(=O)(=O)CC1. The number of nitrogens with one attached hydrogen (secondary N) is 1. The number of nitrogens with zero attached hydrogens (tertiary/aromatic N) is 1. The number of alkyl carbamates (subject to hydrolysis) is 1. The molecule has 8 heteroatoms. The van der Waals surface area contributed by atoms with Gasteiger partial charge in [0.2, 0.25) is 5.91 Å². The van der Waals surface area contributed by atoms with E-state index >= 15 is 0 Å². The standard InChI is InChI=1S/C12H22N2O5S/c1-9(13-11(16)19-12(2,3)4)10(15)14-5-7-20(17,18)8-6-14/h9H,5-8H2,1-4H3,(H,13,16). The molecule has 7 nitrogen and oxygen atoms in total. The summed E-state index contributed by atoms with van der Waals surface area (Å²) in [6.45, 7) is 7.08. The van der Waals surface area contributed by atoms with E-state index in [0.29, 0.717) is 0 Å². The van der Waals surface area contributed by atoms with Gasteiger partial charge in [0.25, 0.3) is 0 Å². The van der Waals surface area contributed by atoms with Crippen molar-refractivity contribution in [2.24, 2.45) is 0 Å². The minimum atomic E-state index is -3.03. The highest BCUT2D eigenvalue weighted by molar-refractivity contribution is 7.91. The number of ether oxygens (including phenoxy) is 1. The van der Waals surface area contributed by atoms with E-state index in [1.807, 2.05) is 0 Å². The van der Waals surface area contributed by atoms with Gasteiger partial charge >= 0.3 is 6.09 Å². The van der Waals surface area contributed by atoms with Crippen LogP contribution in [0.15, 0.2) is 0 Å². The lowest BCUT2D eigenvalue weighted by Crippen LogP contribution is -2.52. The maximum absolute atomic E-state index is 12.1. The second-order valence-electron chi connectivity index (χ2n) is 5.85. The molecule has 0 aromatic carbocycles. The van der Waals surface area contributed by atoms with Crippen LogP contribution in [0.2, 0.25) is 0 Å². The fraction of sp³-hybridized carbons (Fsp3) is 0.833. The van der Waals surface area contributed by atoms with Gasteiger partial charge in [-0.2, -0.15) is 0 Å². The average Bonchev–Trinajstić information content (AvgIpc) is 2.25. The van der Waals surface area contributed by atoms with Crippen LogP contribution in [0.1, 0.15) is 27.7 Å². The molecule has 116 valence electrons. The fourth-order valence-corrected chi connectivity index (χ4v) is 2.95. The van der Waals surface area contributed by atoms with Crippen molar-refractivity contribution in [3.63, 3.8) is 0 Å². The van der Waals surface area contributed by atoms with Crippen LogP contribution in [0, 0.1) is 0 Å². The molecule has 0 bridgehead atoms. The lowest BCUT2D eigenvalue weighted by Gasteiger charge is -2.29. The first-order valence-corrected chi connectivity index (χ1v) is 8.31. The van der Waals surface area contributed by atoms with Crippen molar-refractivity contribution in [1.29, 1.82) is 0 Å². The largest absolute Gasteiger partial charge is 0.444 e. The van der Waals surface area contributed by atoms with Crippen LogP contribution in [0.4, 0.5) is 4.79 Å². The highest BCUT2D eigenvalue weighted by atomic mass is 32.2. The summed E-state index contributed by atoms with van der Waals surface area (Å²) in [4.78, 5) is 25.1. The first-order valence-electron chi connectivity index (χ1n) is 6.49. The van der Waals surface area contributed by atoms with E-state index in [4.69, 9.17) is 4.74 Å². The molecule has 20 heavy (non-hydrogen) atoms. The van der Waals surface area contributed by atoms with Crippen LogP contribution in [0.3, 0.4) is 0 Å². The molecule has 0 spiro atoms. The molecule has 2 amide bonds. The summed E-state index contributed by atoms with van der Waals surface area (Å²) in [5, 5.41) is 2.45. The van der Waals surface area contributed by atoms with Crippen molar-refractivity contribution in [2.75, 3.05) is 24.6 Å². The average molecular weight is 306 g/mol. The van der Waals surface area contributed by atoms with Gasteiger partial charge in [-0.1, -0.05) is 0 Å². The van der Waals surface area contributed by atoms with Crippen LogP contribution in [0.25, 0.3) is 0 Å². The maximum atomic E-state index is 12.1. The van der Waals surface area contributed by atoms with E-state index in [9.17, 15) is 18.0 Å². The second kappa shape index (κ2) is 5.99. The van der Waals surface area contributed by atoms with Crippen molar-refractivity contribution in [2.45, 2.75) is 39.3 Å². The Balaban J connectivity index is 2.50. The Kier molecular flexibility index (Phi) is 5.01. The van der Waals surface area contributed by atoms with Gasteiger partial charge < -0.3 is 15.0 Å². The van der Waals surface area contributed by atoms with E-state index in [0.717, 1.165) is 0 Å². The molecule has 1 aliphatic heterocycles. The molecule has 1 unspecified atom stereocenters. The Morgan fingerprint density at radius 2 is 1.70 bits per heavy atom. The zero-order valence-electron chi connectivity index (χ0n) is 12.3. The number of hydrogen-bond acceptors (Lipinski definition) is 5. The van der Waals surface area contributed by atoms with Crippen molar-refractivity contribution in [1.82, 2.24) is 10.2 Å². The van der Waals surface area contributed by atoms with Gasteiger partial charge in [0, 0.05) is 13.1 Å². The predicted octanol–water partition coefficient (Wildman–Crippen LogP) is 0.157. The van der Waals surface area contributed by atoms with Gasteiger partial charge in [-0.15, -0.1) is 0 Å². The summed E-state index contributed by atoms with van der Waals surface area (Å²) in [6.07, 6.45) is -0.664. The Hall–Kier alpha value is -1.31. The first-order chi connectivity index (χ1) is 9.00.